The Balaban J connectivity index is 1.83. The van der Waals surface area contributed by atoms with Crippen LogP contribution in [0, 0.1) is 0 Å². The van der Waals surface area contributed by atoms with Gasteiger partial charge < -0.3 is 15.2 Å². The van der Waals surface area contributed by atoms with Gasteiger partial charge in [0.1, 0.15) is 5.75 Å². The van der Waals surface area contributed by atoms with Crippen molar-refractivity contribution in [2.75, 3.05) is 13.2 Å². The Bertz CT molecular complexity index is 677. The van der Waals surface area contributed by atoms with Gasteiger partial charge in [0.15, 0.2) is 6.61 Å². The molecule has 23 heavy (non-hydrogen) atoms. The van der Waals surface area contributed by atoms with Crippen molar-refractivity contribution >= 4 is 29.2 Å². The normalized spacial score (nSPS) is 10.5. The third-order valence-corrected chi connectivity index (χ3v) is 3.70. The molecule has 0 unspecified atom stereocenters. The van der Waals surface area contributed by atoms with Crippen LogP contribution in [0.2, 0.25) is 10.0 Å². The zero-order valence-electron chi connectivity index (χ0n) is 12.4. The summed E-state index contributed by atoms with van der Waals surface area (Å²) < 4.78 is 5.15. The molecule has 0 radical (unpaired) electrons. The zero-order chi connectivity index (χ0) is 16.7. The summed E-state index contributed by atoms with van der Waals surface area (Å²) in [6.07, 6.45) is 0.872. The summed E-state index contributed by atoms with van der Waals surface area (Å²) in [6.45, 7) is 1.03. The van der Waals surface area contributed by atoms with Crippen molar-refractivity contribution in [2.24, 2.45) is 0 Å². The number of rotatable bonds is 8. The van der Waals surface area contributed by atoms with Crippen LogP contribution >= 0.6 is 23.2 Å². The molecular formula is C17H17Cl2NO3. The van der Waals surface area contributed by atoms with Crippen LogP contribution in [0.4, 0.5) is 0 Å². The van der Waals surface area contributed by atoms with Gasteiger partial charge in [-0.05, 0) is 48.4 Å². The molecule has 0 aromatic heterocycles. The van der Waals surface area contributed by atoms with E-state index in [4.69, 9.17) is 33.0 Å². The summed E-state index contributed by atoms with van der Waals surface area (Å²) in [7, 11) is 0. The molecule has 2 aromatic rings. The first-order chi connectivity index (χ1) is 11.0. The maximum Gasteiger partial charge on any atom is 0.341 e. The average Bonchev–Trinajstić information content (AvgIpc) is 2.51. The van der Waals surface area contributed by atoms with Crippen LogP contribution in [-0.2, 0) is 17.8 Å². The maximum atomic E-state index is 10.5. The fraction of sp³-hybridized carbons (Fsp3) is 0.235. The summed E-state index contributed by atoms with van der Waals surface area (Å²) in [6, 6.07) is 13.1. The number of halogens is 2. The van der Waals surface area contributed by atoms with Crippen molar-refractivity contribution in [3.8, 4) is 5.75 Å². The fourth-order valence-corrected chi connectivity index (χ4v) is 2.45. The molecule has 122 valence electrons. The van der Waals surface area contributed by atoms with Gasteiger partial charge in [0.05, 0.1) is 5.02 Å². The van der Waals surface area contributed by atoms with E-state index in [-0.39, 0.29) is 0 Å². The largest absolute Gasteiger partial charge is 0.480 e. The van der Waals surface area contributed by atoms with E-state index in [9.17, 15) is 4.79 Å². The van der Waals surface area contributed by atoms with E-state index in [1.807, 2.05) is 30.3 Å². The number of hydrogen-bond acceptors (Lipinski definition) is 3. The van der Waals surface area contributed by atoms with Gasteiger partial charge in [-0.2, -0.15) is 0 Å². The number of aliphatic carboxylic acids is 1. The Labute approximate surface area is 145 Å². The molecule has 6 heteroatoms. The van der Waals surface area contributed by atoms with E-state index in [2.05, 4.69) is 5.32 Å². The Morgan fingerprint density at radius 1 is 1.13 bits per heavy atom. The van der Waals surface area contributed by atoms with E-state index in [1.54, 1.807) is 12.1 Å². The molecule has 0 amide bonds. The second-order valence-electron chi connectivity index (χ2n) is 5.00. The molecule has 0 heterocycles. The number of ether oxygens (including phenoxy) is 1. The molecule has 2 aromatic carbocycles. The molecule has 0 saturated carbocycles. The van der Waals surface area contributed by atoms with E-state index >= 15 is 0 Å². The number of benzene rings is 2. The minimum Gasteiger partial charge on any atom is -0.480 e. The van der Waals surface area contributed by atoms with Crippen molar-refractivity contribution in [1.29, 1.82) is 0 Å². The minimum atomic E-state index is -1.04. The van der Waals surface area contributed by atoms with Gasteiger partial charge >= 0.3 is 5.97 Å². The summed E-state index contributed by atoms with van der Waals surface area (Å²) in [5, 5.41) is 13.1. The second kappa shape index (κ2) is 8.77. The number of nitrogens with one attached hydrogen (secondary N) is 1. The van der Waals surface area contributed by atoms with Crippen molar-refractivity contribution in [3.63, 3.8) is 0 Å². The molecule has 4 nitrogen and oxygen atoms in total. The Kier molecular flexibility index (Phi) is 6.71. The monoisotopic (exact) mass is 353 g/mol. The predicted molar refractivity (Wildman–Crippen MR) is 91.4 cm³/mol. The molecule has 2 rings (SSSR count). The molecule has 0 bridgehead atoms. The van der Waals surface area contributed by atoms with Gasteiger partial charge in [0, 0.05) is 11.6 Å². The molecule has 0 aliphatic carbocycles. The van der Waals surface area contributed by atoms with Crippen LogP contribution in [0.5, 0.6) is 5.75 Å². The molecule has 0 aliphatic rings. The third kappa shape index (κ3) is 6.10. The first-order valence-electron chi connectivity index (χ1n) is 7.13. The van der Waals surface area contributed by atoms with Crippen LogP contribution in [0.25, 0.3) is 0 Å². The van der Waals surface area contributed by atoms with Crippen molar-refractivity contribution < 1.29 is 14.6 Å². The first kappa shape index (κ1) is 17.6. The van der Waals surface area contributed by atoms with Crippen LogP contribution in [0.1, 0.15) is 11.1 Å². The lowest BCUT2D eigenvalue weighted by atomic mass is 10.1. The SMILES string of the molecule is O=C(O)COc1cc(CNCCc2cccc(Cl)c2)ccc1Cl. The van der Waals surface area contributed by atoms with E-state index in [0.717, 1.165) is 23.6 Å². The molecular weight excluding hydrogens is 337 g/mol. The van der Waals surface area contributed by atoms with E-state index < -0.39 is 12.6 Å². The Morgan fingerprint density at radius 3 is 2.70 bits per heavy atom. The lowest BCUT2D eigenvalue weighted by Crippen LogP contribution is -2.17. The topological polar surface area (TPSA) is 58.6 Å². The van der Waals surface area contributed by atoms with Crippen LogP contribution in [0.15, 0.2) is 42.5 Å². The molecule has 2 N–H and O–H groups in total. The summed E-state index contributed by atoms with van der Waals surface area (Å²) >= 11 is 11.9. The third-order valence-electron chi connectivity index (χ3n) is 3.16. The first-order valence-corrected chi connectivity index (χ1v) is 7.88. The highest BCUT2D eigenvalue weighted by Crippen LogP contribution is 2.25. The summed E-state index contributed by atoms with van der Waals surface area (Å²) in [5.41, 5.74) is 2.15. The molecule has 0 aliphatic heterocycles. The maximum absolute atomic E-state index is 10.5. The van der Waals surface area contributed by atoms with Gasteiger partial charge in [-0.15, -0.1) is 0 Å². The van der Waals surface area contributed by atoms with E-state index in [1.165, 1.54) is 5.56 Å². The van der Waals surface area contributed by atoms with Gasteiger partial charge in [-0.1, -0.05) is 41.4 Å². The number of carboxylic acid groups (broad SMARTS) is 1. The number of carbonyl (C=O) groups is 1. The molecule has 0 spiro atoms. The zero-order valence-corrected chi connectivity index (χ0v) is 13.9. The lowest BCUT2D eigenvalue weighted by molar-refractivity contribution is -0.139. The quantitative estimate of drug-likeness (QED) is 0.708. The highest BCUT2D eigenvalue weighted by Gasteiger charge is 2.06. The lowest BCUT2D eigenvalue weighted by Gasteiger charge is -2.09. The van der Waals surface area contributed by atoms with Crippen molar-refractivity contribution in [3.05, 3.63) is 63.6 Å². The smallest absolute Gasteiger partial charge is 0.341 e. The summed E-state index contributed by atoms with van der Waals surface area (Å²) in [4.78, 5) is 10.5. The fourth-order valence-electron chi connectivity index (χ4n) is 2.07. The van der Waals surface area contributed by atoms with Crippen LogP contribution in [-0.4, -0.2) is 24.2 Å². The standard InChI is InChI=1S/C17H17Cl2NO3/c18-14-3-1-2-12(8-14)6-7-20-10-13-4-5-15(19)16(9-13)23-11-17(21)22/h1-5,8-9,20H,6-7,10-11H2,(H,21,22). The van der Waals surface area contributed by atoms with Crippen LogP contribution in [0.3, 0.4) is 0 Å². The van der Waals surface area contributed by atoms with Gasteiger partial charge in [0.25, 0.3) is 0 Å². The van der Waals surface area contributed by atoms with Gasteiger partial charge in [-0.3, -0.25) is 0 Å². The highest BCUT2D eigenvalue weighted by molar-refractivity contribution is 6.32. The van der Waals surface area contributed by atoms with Crippen molar-refractivity contribution in [2.45, 2.75) is 13.0 Å². The molecule has 0 fully saturated rings. The number of hydrogen-bond donors (Lipinski definition) is 2. The average molecular weight is 354 g/mol. The van der Waals surface area contributed by atoms with Gasteiger partial charge in [-0.25, -0.2) is 4.79 Å². The second-order valence-corrected chi connectivity index (χ2v) is 5.85. The van der Waals surface area contributed by atoms with Crippen molar-refractivity contribution in [1.82, 2.24) is 5.32 Å². The number of carboxylic acids is 1. The predicted octanol–water partition coefficient (Wildman–Crippen LogP) is 3.79. The Hall–Kier alpha value is -1.75. The van der Waals surface area contributed by atoms with Gasteiger partial charge in [0.2, 0.25) is 0 Å². The van der Waals surface area contributed by atoms with Crippen LogP contribution < -0.4 is 10.1 Å². The molecule has 0 saturated heterocycles. The molecule has 0 atom stereocenters. The highest BCUT2D eigenvalue weighted by atomic mass is 35.5. The Morgan fingerprint density at radius 2 is 1.96 bits per heavy atom. The van der Waals surface area contributed by atoms with E-state index in [0.29, 0.717) is 17.3 Å². The summed E-state index contributed by atoms with van der Waals surface area (Å²) in [5.74, 6) is -0.658. The minimum absolute atomic E-state index is 0.378.